The molecule has 1 heterocycles. The lowest BCUT2D eigenvalue weighted by molar-refractivity contribution is 0.282. The summed E-state index contributed by atoms with van der Waals surface area (Å²) < 4.78 is 14.6. The van der Waals surface area contributed by atoms with E-state index in [0.717, 1.165) is 53.2 Å². The molecule has 3 rings (SSSR count). The van der Waals surface area contributed by atoms with E-state index < -0.39 is 0 Å². The Hall–Kier alpha value is -2.02. The highest BCUT2D eigenvalue weighted by Gasteiger charge is 2.12. The topological polar surface area (TPSA) is 48.3 Å². The van der Waals surface area contributed by atoms with Gasteiger partial charge in [0.25, 0.3) is 0 Å². The number of hydrogen-bond donors (Lipinski definition) is 1. The summed E-state index contributed by atoms with van der Waals surface area (Å²) in [7, 11) is 1.67. The normalized spacial score (nSPS) is 10.4. The Morgan fingerprint density at radius 1 is 1.14 bits per heavy atom. The summed E-state index contributed by atoms with van der Waals surface area (Å²) in [6.07, 6.45) is 6.68. The van der Waals surface area contributed by atoms with Gasteiger partial charge in [-0.3, -0.25) is 0 Å². The standard InChI is InChI=1S/C22H26BrN3O2.ClH/c1-17-4-6-18(7-5-17)15-28-22-20(23)12-19(13-21(22)27-2)14-24-8-3-10-26-11-9-25-16-26;/h4-7,9,11-13,16,24H,3,8,10,14-15H2,1-2H3;1H. The van der Waals surface area contributed by atoms with Crippen molar-refractivity contribution in [2.24, 2.45) is 0 Å². The molecule has 1 N–H and O–H groups in total. The number of imidazole rings is 1. The number of aromatic nitrogens is 2. The van der Waals surface area contributed by atoms with Gasteiger partial charge < -0.3 is 19.4 Å². The van der Waals surface area contributed by atoms with E-state index in [9.17, 15) is 0 Å². The number of benzene rings is 2. The molecular formula is C22H27BrClN3O2. The van der Waals surface area contributed by atoms with Gasteiger partial charge in [0.1, 0.15) is 6.61 Å². The summed E-state index contributed by atoms with van der Waals surface area (Å²) in [5.41, 5.74) is 3.52. The fourth-order valence-corrected chi connectivity index (χ4v) is 3.50. The molecule has 0 radical (unpaired) electrons. The van der Waals surface area contributed by atoms with Crippen molar-refractivity contribution in [2.45, 2.75) is 33.0 Å². The summed E-state index contributed by atoms with van der Waals surface area (Å²) in [6.45, 7) is 5.25. The number of nitrogens with zero attached hydrogens (tertiary/aromatic N) is 2. The van der Waals surface area contributed by atoms with Crippen molar-refractivity contribution < 1.29 is 9.47 Å². The van der Waals surface area contributed by atoms with Crippen molar-refractivity contribution >= 4 is 28.3 Å². The van der Waals surface area contributed by atoms with Gasteiger partial charge in [-0.05, 0) is 59.1 Å². The van der Waals surface area contributed by atoms with Gasteiger partial charge >= 0.3 is 0 Å². The summed E-state index contributed by atoms with van der Waals surface area (Å²) in [4.78, 5) is 4.06. The van der Waals surface area contributed by atoms with E-state index in [1.165, 1.54) is 5.56 Å². The number of methoxy groups -OCH3 is 1. The first-order chi connectivity index (χ1) is 13.7. The van der Waals surface area contributed by atoms with Gasteiger partial charge in [-0.15, -0.1) is 12.4 Å². The highest BCUT2D eigenvalue weighted by Crippen LogP contribution is 2.37. The van der Waals surface area contributed by atoms with E-state index in [0.29, 0.717) is 6.61 Å². The Bertz CT molecular complexity index is 871. The molecule has 0 saturated carbocycles. The second-order valence-electron chi connectivity index (χ2n) is 6.71. The van der Waals surface area contributed by atoms with Crippen LogP contribution in [0.3, 0.4) is 0 Å². The minimum absolute atomic E-state index is 0. The third-order valence-corrected chi connectivity index (χ3v) is 5.04. The van der Waals surface area contributed by atoms with Gasteiger partial charge in [0.2, 0.25) is 0 Å². The number of nitrogens with one attached hydrogen (secondary N) is 1. The molecule has 1 aromatic heterocycles. The lowest BCUT2D eigenvalue weighted by Crippen LogP contribution is -2.16. The van der Waals surface area contributed by atoms with Gasteiger partial charge in [0.15, 0.2) is 11.5 Å². The molecule has 0 unspecified atom stereocenters. The molecule has 0 aliphatic rings. The molecular weight excluding hydrogens is 454 g/mol. The van der Waals surface area contributed by atoms with Gasteiger partial charge in [-0.1, -0.05) is 29.8 Å². The number of hydrogen-bond acceptors (Lipinski definition) is 4. The molecule has 0 spiro atoms. The second kappa shape index (κ2) is 11.9. The van der Waals surface area contributed by atoms with Crippen LogP contribution in [0.4, 0.5) is 0 Å². The van der Waals surface area contributed by atoms with Crippen molar-refractivity contribution in [3.63, 3.8) is 0 Å². The van der Waals surface area contributed by atoms with Gasteiger partial charge in [0.05, 0.1) is 17.9 Å². The second-order valence-corrected chi connectivity index (χ2v) is 7.57. The Kier molecular flexibility index (Phi) is 9.51. The maximum absolute atomic E-state index is 6.02. The van der Waals surface area contributed by atoms with Crippen LogP contribution in [-0.4, -0.2) is 23.2 Å². The Labute approximate surface area is 187 Å². The van der Waals surface area contributed by atoms with Crippen LogP contribution >= 0.6 is 28.3 Å². The van der Waals surface area contributed by atoms with Gasteiger partial charge in [0, 0.05) is 25.5 Å². The maximum atomic E-state index is 6.02. The van der Waals surface area contributed by atoms with Crippen LogP contribution in [0.1, 0.15) is 23.1 Å². The van der Waals surface area contributed by atoms with E-state index in [4.69, 9.17) is 9.47 Å². The predicted molar refractivity (Wildman–Crippen MR) is 122 cm³/mol. The fraction of sp³-hybridized carbons (Fsp3) is 0.318. The van der Waals surface area contributed by atoms with Crippen LogP contribution in [0.2, 0.25) is 0 Å². The first kappa shape index (κ1) is 23.3. The molecule has 0 fully saturated rings. The number of ether oxygens (including phenoxy) is 2. The van der Waals surface area contributed by atoms with Crippen molar-refractivity contribution in [1.29, 1.82) is 0 Å². The van der Waals surface area contributed by atoms with Gasteiger partial charge in [-0.25, -0.2) is 4.98 Å². The highest BCUT2D eigenvalue weighted by molar-refractivity contribution is 9.10. The smallest absolute Gasteiger partial charge is 0.175 e. The van der Waals surface area contributed by atoms with Crippen molar-refractivity contribution in [1.82, 2.24) is 14.9 Å². The van der Waals surface area contributed by atoms with Crippen LogP contribution in [0, 0.1) is 6.92 Å². The highest BCUT2D eigenvalue weighted by atomic mass is 79.9. The van der Waals surface area contributed by atoms with E-state index in [1.54, 1.807) is 13.3 Å². The Morgan fingerprint density at radius 3 is 2.62 bits per heavy atom. The van der Waals surface area contributed by atoms with Crippen molar-refractivity contribution in [3.8, 4) is 11.5 Å². The molecule has 7 heteroatoms. The van der Waals surface area contributed by atoms with E-state index in [2.05, 4.69) is 68.1 Å². The molecule has 0 amide bonds. The predicted octanol–water partition coefficient (Wildman–Crippen LogP) is 5.14. The number of halogens is 2. The largest absolute Gasteiger partial charge is 0.493 e. The maximum Gasteiger partial charge on any atom is 0.175 e. The summed E-state index contributed by atoms with van der Waals surface area (Å²) in [5.74, 6) is 1.46. The molecule has 2 aromatic carbocycles. The zero-order valence-corrected chi connectivity index (χ0v) is 19.1. The third-order valence-electron chi connectivity index (χ3n) is 4.45. The Balaban J connectivity index is 0.00000300. The molecule has 5 nitrogen and oxygen atoms in total. The quantitative estimate of drug-likeness (QED) is 0.408. The summed E-state index contributed by atoms with van der Waals surface area (Å²) in [6, 6.07) is 12.4. The van der Waals surface area contributed by atoms with E-state index in [1.807, 2.05) is 18.6 Å². The summed E-state index contributed by atoms with van der Waals surface area (Å²) >= 11 is 3.63. The zero-order chi connectivity index (χ0) is 19.8. The molecule has 0 bridgehead atoms. The zero-order valence-electron chi connectivity index (χ0n) is 16.7. The molecule has 156 valence electrons. The average molecular weight is 481 g/mol. The number of aryl methyl sites for hydroxylation is 2. The van der Waals surface area contributed by atoms with Crippen LogP contribution in [-0.2, 0) is 19.7 Å². The molecule has 0 aliphatic carbocycles. The SMILES string of the molecule is COc1cc(CNCCCn2ccnc2)cc(Br)c1OCc1ccc(C)cc1.Cl. The monoisotopic (exact) mass is 479 g/mol. The third kappa shape index (κ3) is 7.07. The first-order valence-electron chi connectivity index (χ1n) is 9.37. The lowest BCUT2D eigenvalue weighted by atomic mass is 10.1. The lowest BCUT2D eigenvalue weighted by Gasteiger charge is -2.15. The molecule has 0 aliphatic heterocycles. The Morgan fingerprint density at radius 2 is 1.93 bits per heavy atom. The molecule has 3 aromatic rings. The summed E-state index contributed by atoms with van der Waals surface area (Å²) in [5, 5.41) is 3.47. The van der Waals surface area contributed by atoms with Crippen LogP contribution in [0.25, 0.3) is 0 Å². The first-order valence-corrected chi connectivity index (χ1v) is 10.2. The van der Waals surface area contributed by atoms with E-state index >= 15 is 0 Å². The van der Waals surface area contributed by atoms with Crippen LogP contribution in [0.5, 0.6) is 11.5 Å². The fourth-order valence-electron chi connectivity index (χ4n) is 2.89. The minimum atomic E-state index is 0. The van der Waals surface area contributed by atoms with Crippen molar-refractivity contribution in [3.05, 3.63) is 76.3 Å². The van der Waals surface area contributed by atoms with Gasteiger partial charge in [-0.2, -0.15) is 0 Å². The van der Waals surface area contributed by atoms with Crippen molar-refractivity contribution in [2.75, 3.05) is 13.7 Å². The number of rotatable bonds is 10. The molecule has 0 saturated heterocycles. The molecule has 29 heavy (non-hydrogen) atoms. The molecule has 0 atom stereocenters. The van der Waals surface area contributed by atoms with Crippen LogP contribution < -0.4 is 14.8 Å². The minimum Gasteiger partial charge on any atom is -0.493 e. The average Bonchev–Trinajstić information content (AvgIpc) is 3.21. The van der Waals surface area contributed by atoms with Crippen LogP contribution in [0.15, 0.2) is 59.6 Å². The van der Waals surface area contributed by atoms with E-state index in [-0.39, 0.29) is 12.4 Å².